The van der Waals surface area contributed by atoms with Crippen molar-refractivity contribution in [2.24, 2.45) is 35.5 Å². The lowest BCUT2D eigenvalue weighted by Gasteiger charge is -2.28. The van der Waals surface area contributed by atoms with Crippen LogP contribution in [0.5, 0.6) is 0 Å². The van der Waals surface area contributed by atoms with Crippen molar-refractivity contribution in [2.45, 2.75) is 19.3 Å². The molecule has 0 N–H and O–H groups in total. The molecule has 5 aliphatic rings. The van der Waals surface area contributed by atoms with E-state index in [0.717, 1.165) is 0 Å². The Morgan fingerprint density at radius 1 is 0.667 bits per heavy atom. The summed E-state index contributed by atoms with van der Waals surface area (Å²) in [5, 5.41) is 0. The van der Waals surface area contributed by atoms with Crippen LogP contribution in [0.1, 0.15) is 19.3 Å². The molecule has 4 bridgehead atoms. The first-order chi connectivity index (χ1) is 4.45. The summed E-state index contributed by atoms with van der Waals surface area (Å²) in [5.74, 6) is 7.58. The molecule has 5 rings (SSSR count). The SMILES string of the molecule is C1C2C[C@@H]3[C@H](C2)[C@H]2C1[C@H]32. The van der Waals surface area contributed by atoms with Gasteiger partial charge >= 0.3 is 0 Å². The molecule has 0 aromatic rings. The van der Waals surface area contributed by atoms with Gasteiger partial charge in [-0.1, -0.05) is 0 Å². The molecule has 0 amide bonds. The van der Waals surface area contributed by atoms with Crippen LogP contribution in [-0.4, -0.2) is 0 Å². The third-order valence-electron chi connectivity index (χ3n) is 4.65. The van der Waals surface area contributed by atoms with Crippen molar-refractivity contribution < 1.29 is 0 Å². The first-order valence-corrected chi connectivity index (χ1v) is 4.45. The molecule has 0 aromatic heterocycles. The minimum Gasteiger partial charge on any atom is -0.0470 e. The van der Waals surface area contributed by atoms with Crippen molar-refractivity contribution in [3.8, 4) is 0 Å². The number of hydrogen-bond acceptors (Lipinski definition) is 0. The first-order valence-electron chi connectivity index (χ1n) is 4.45. The van der Waals surface area contributed by atoms with Gasteiger partial charge in [0.2, 0.25) is 0 Å². The Balaban J connectivity index is 1.92. The predicted molar refractivity (Wildman–Crippen MR) is 34.8 cm³/mol. The zero-order valence-electron chi connectivity index (χ0n) is 5.59. The molecule has 0 heterocycles. The highest BCUT2D eigenvalue weighted by Gasteiger charge is 2.74. The van der Waals surface area contributed by atoms with Crippen LogP contribution in [0.15, 0.2) is 0 Å². The molecule has 0 aliphatic heterocycles. The quantitative estimate of drug-likeness (QED) is 0.458. The third-order valence-corrected chi connectivity index (χ3v) is 4.65. The molecule has 48 valence electrons. The van der Waals surface area contributed by atoms with Crippen LogP contribution in [0.2, 0.25) is 0 Å². The van der Waals surface area contributed by atoms with Crippen molar-refractivity contribution in [1.82, 2.24) is 0 Å². The van der Waals surface area contributed by atoms with Crippen LogP contribution < -0.4 is 0 Å². The smallest absolute Gasteiger partial charge is 0.0318 e. The molecule has 0 radical (unpaired) electrons. The van der Waals surface area contributed by atoms with E-state index < -0.39 is 0 Å². The van der Waals surface area contributed by atoms with E-state index >= 15 is 0 Å². The maximum Gasteiger partial charge on any atom is -0.0318 e. The average Bonchev–Trinajstić information content (AvgIpc) is 2.51. The Hall–Kier alpha value is 0. The summed E-state index contributed by atoms with van der Waals surface area (Å²) >= 11 is 0. The summed E-state index contributed by atoms with van der Waals surface area (Å²) in [5.41, 5.74) is 0. The highest BCUT2D eigenvalue weighted by atomic mass is 14.8. The summed E-state index contributed by atoms with van der Waals surface area (Å²) in [6.45, 7) is 0. The van der Waals surface area contributed by atoms with E-state index in [1.165, 1.54) is 35.5 Å². The molecule has 2 unspecified atom stereocenters. The Labute approximate surface area is 55.6 Å². The van der Waals surface area contributed by atoms with Gasteiger partial charge in [-0.3, -0.25) is 0 Å². The largest absolute Gasteiger partial charge is 0.0470 e. The van der Waals surface area contributed by atoms with Gasteiger partial charge in [0.1, 0.15) is 0 Å². The van der Waals surface area contributed by atoms with E-state index in [1.807, 2.05) is 0 Å². The van der Waals surface area contributed by atoms with Crippen LogP contribution in [0.4, 0.5) is 0 Å². The zero-order chi connectivity index (χ0) is 5.59. The Bertz CT molecular complexity index is 157. The van der Waals surface area contributed by atoms with Crippen molar-refractivity contribution in [2.75, 3.05) is 0 Å². The summed E-state index contributed by atoms with van der Waals surface area (Å²) in [6.07, 6.45) is 4.92. The Kier molecular flexibility index (Phi) is 0.395. The monoisotopic (exact) mass is 120 g/mol. The topological polar surface area (TPSA) is 0 Å². The molecule has 6 atom stereocenters. The minimum absolute atomic E-state index is 1.21. The third kappa shape index (κ3) is 0.249. The van der Waals surface area contributed by atoms with Crippen LogP contribution in [0, 0.1) is 35.5 Å². The average molecular weight is 120 g/mol. The molecule has 0 saturated heterocycles. The van der Waals surface area contributed by atoms with Gasteiger partial charge in [0.15, 0.2) is 0 Å². The maximum absolute atomic E-state index is 1.64. The summed E-state index contributed by atoms with van der Waals surface area (Å²) in [6, 6.07) is 0. The second-order valence-electron chi connectivity index (χ2n) is 4.72. The molecule has 0 aromatic carbocycles. The minimum atomic E-state index is 1.21. The highest BCUT2D eigenvalue weighted by Crippen LogP contribution is 2.80. The first kappa shape index (κ1) is 4.00. The lowest BCUT2D eigenvalue weighted by Crippen LogP contribution is -2.23. The molecular formula is C9H12. The van der Waals surface area contributed by atoms with Gasteiger partial charge in [-0.25, -0.2) is 0 Å². The van der Waals surface area contributed by atoms with E-state index in [2.05, 4.69) is 0 Å². The second kappa shape index (κ2) is 0.889. The van der Waals surface area contributed by atoms with Gasteiger partial charge in [-0.05, 0) is 54.8 Å². The fourth-order valence-corrected chi connectivity index (χ4v) is 4.48. The van der Waals surface area contributed by atoms with E-state index in [1.54, 1.807) is 19.3 Å². The summed E-state index contributed by atoms with van der Waals surface area (Å²) in [7, 11) is 0. The highest BCUT2D eigenvalue weighted by molar-refractivity contribution is 5.22. The summed E-state index contributed by atoms with van der Waals surface area (Å²) in [4.78, 5) is 0. The van der Waals surface area contributed by atoms with Gasteiger partial charge < -0.3 is 0 Å². The lowest BCUT2D eigenvalue weighted by atomic mass is 9.77. The second-order valence-corrected chi connectivity index (χ2v) is 4.72. The summed E-state index contributed by atoms with van der Waals surface area (Å²) < 4.78 is 0. The maximum atomic E-state index is 1.64. The van der Waals surface area contributed by atoms with Gasteiger partial charge in [-0.2, -0.15) is 0 Å². The Morgan fingerprint density at radius 2 is 1.22 bits per heavy atom. The lowest BCUT2D eigenvalue weighted by molar-refractivity contribution is 0.195. The molecule has 5 saturated carbocycles. The molecular weight excluding hydrogens is 108 g/mol. The van der Waals surface area contributed by atoms with Gasteiger partial charge in [0, 0.05) is 0 Å². The normalized spacial score (nSPS) is 80.0. The van der Waals surface area contributed by atoms with Gasteiger partial charge in [0.05, 0.1) is 0 Å². The fourth-order valence-electron chi connectivity index (χ4n) is 4.48. The van der Waals surface area contributed by atoms with Crippen molar-refractivity contribution in [3.05, 3.63) is 0 Å². The number of hydrogen-bond donors (Lipinski definition) is 0. The van der Waals surface area contributed by atoms with Gasteiger partial charge in [-0.15, -0.1) is 0 Å². The van der Waals surface area contributed by atoms with Crippen molar-refractivity contribution in [3.63, 3.8) is 0 Å². The number of rotatable bonds is 0. The van der Waals surface area contributed by atoms with Crippen LogP contribution >= 0.6 is 0 Å². The molecule has 0 spiro atoms. The van der Waals surface area contributed by atoms with Crippen LogP contribution in [-0.2, 0) is 0 Å². The predicted octanol–water partition coefficient (Wildman–Crippen LogP) is 1.91. The molecule has 5 aliphatic carbocycles. The van der Waals surface area contributed by atoms with E-state index in [-0.39, 0.29) is 0 Å². The van der Waals surface area contributed by atoms with Crippen LogP contribution in [0.3, 0.4) is 0 Å². The molecule has 5 fully saturated rings. The van der Waals surface area contributed by atoms with E-state index in [0.29, 0.717) is 0 Å². The van der Waals surface area contributed by atoms with E-state index in [9.17, 15) is 0 Å². The fraction of sp³-hybridized carbons (Fsp3) is 1.00. The van der Waals surface area contributed by atoms with E-state index in [4.69, 9.17) is 0 Å². The van der Waals surface area contributed by atoms with Crippen molar-refractivity contribution in [1.29, 1.82) is 0 Å². The van der Waals surface area contributed by atoms with Crippen LogP contribution in [0.25, 0.3) is 0 Å². The molecule has 0 nitrogen and oxygen atoms in total. The van der Waals surface area contributed by atoms with Crippen molar-refractivity contribution >= 4 is 0 Å². The Morgan fingerprint density at radius 3 is 1.78 bits per heavy atom. The van der Waals surface area contributed by atoms with Gasteiger partial charge in [0.25, 0.3) is 0 Å². The zero-order valence-corrected chi connectivity index (χ0v) is 5.59. The standard InChI is InChI=1S/C9H12/c1-4-2-6-5(1)8-7(3-4)9(6)8/h4-9H,1-3H2/t4?,5-,6+,7?,8-,9-/m0/s1. The molecule has 9 heavy (non-hydrogen) atoms. The molecule has 0 heteroatoms.